The van der Waals surface area contributed by atoms with Crippen LogP contribution in [0.3, 0.4) is 0 Å². The zero-order chi connectivity index (χ0) is 19.0. The van der Waals surface area contributed by atoms with Gasteiger partial charge in [0, 0.05) is 26.4 Å². The molecule has 0 heterocycles. The lowest BCUT2D eigenvalue weighted by molar-refractivity contribution is -0.274. The van der Waals surface area contributed by atoms with E-state index in [0.717, 1.165) is 16.7 Å². The van der Waals surface area contributed by atoms with Gasteiger partial charge in [-0.05, 0) is 28.8 Å². The van der Waals surface area contributed by atoms with Crippen molar-refractivity contribution in [2.45, 2.75) is 32.8 Å². The highest BCUT2D eigenvalue weighted by Crippen LogP contribution is 2.22. The number of carbonyl (C=O) groups is 1. The second-order valence-corrected chi connectivity index (χ2v) is 5.71. The molecule has 140 valence electrons. The van der Waals surface area contributed by atoms with Crippen LogP contribution in [0, 0.1) is 0 Å². The fourth-order valence-corrected chi connectivity index (χ4v) is 2.37. The number of halogens is 3. The SMILES string of the molecule is CC(=O)OCCc1cccc(CNCc2ccc(OC(F)(F)F)cc2)c1. The quantitative estimate of drug-likeness (QED) is 0.717. The maximum Gasteiger partial charge on any atom is 0.573 e. The van der Waals surface area contributed by atoms with E-state index in [1.807, 2.05) is 24.3 Å². The van der Waals surface area contributed by atoms with Crippen molar-refractivity contribution in [1.29, 1.82) is 0 Å². The van der Waals surface area contributed by atoms with Crippen LogP contribution in [0.1, 0.15) is 23.6 Å². The molecule has 0 bridgehead atoms. The van der Waals surface area contributed by atoms with Gasteiger partial charge >= 0.3 is 12.3 Å². The zero-order valence-electron chi connectivity index (χ0n) is 14.3. The first-order chi connectivity index (χ1) is 12.3. The Kier molecular flexibility index (Phi) is 7.03. The van der Waals surface area contributed by atoms with Gasteiger partial charge in [0.25, 0.3) is 0 Å². The van der Waals surface area contributed by atoms with Crippen LogP contribution in [0.4, 0.5) is 13.2 Å². The lowest BCUT2D eigenvalue weighted by Crippen LogP contribution is -2.17. The van der Waals surface area contributed by atoms with Gasteiger partial charge in [0.05, 0.1) is 6.61 Å². The highest BCUT2D eigenvalue weighted by atomic mass is 19.4. The van der Waals surface area contributed by atoms with E-state index in [0.29, 0.717) is 26.1 Å². The molecule has 0 amide bonds. The zero-order valence-corrected chi connectivity index (χ0v) is 14.3. The second-order valence-electron chi connectivity index (χ2n) is 5.71. The molecule has 4 nitrogen and oxygen atoms in total. The number of carbonyl (C=O) groups excluding carboxylic acids is 1. The number of hydrogen-bond acceptors (Lipinski definition) is 4. The molecule has 2 rings (SSSR count). The van der Waals surface area contributed by atoms with Gasteiger partial charge < -0.3 is 14.8 Å². The highest BCUT2D eigenvalue weighted by Gasteiger charge is 2.30. The molecule has 0 aromatic heterocycles. The molecule has 7 heteroatoms. The van der Waals surface area contributed by atoms with Crippen LogP contribution < -0.4 is 10.1 Å². The van der Waals surface area contributed by atoms with Gasteiger partial charge in [0.2, 0.25) is 0 Å². The highest BCUT2D eigenvalue weighted by molar-refractivity contribution is 5.65. The lowest BCUT2D eigenvalue weighted by atomic mass is 10.1. The summed E-state index contributed by atoms with van der Waals surface area (Å²) in [6.45, 7) is 2.85. The summed E-state index contributed by atoms with van der Waals surface area (Å²) in [5.74, 6) is -0.531. The van der Waals surface area contributed by atoms with Gasteiger partial charge in [-0.15, -0.1) is 13.2 Å². The maximum absolute atomic E-state index is 12.1. The van der Waals surface area contributed by atoms with Crippen molar-refractivity contribution in [3.05, 3.63) is 65.2 Å². The topological polar surface area (TPSA) is 47.6 Å². The average Bonchev–Trinajstić information content (AvgIpc) is 2.55. The van der Waals surface area contributed by atoms with Crippen LogP contribution >= 0.6 is 0 Å². The van der Waals surface area contributed by atoms with Gasteiger partial charge in [-0.2, -0.15) is 0 Å². The maximum atomic E-state index is 12.1. The predicted molar refractivity (Wildman–Crippen MR) is 90.4 cm³/mol. The fraction of sp³-hybridized carbons (Fsp3) is 0.316. The first-order valence-electron chi connectivity index (χ1n) is 8.08. The number of benzene rings is 2. The molecule has 0 radical (unpaired) electrons. The average molecular weight is 367 g/mol. The first kappa shape index (κ1) is 19.8. The molecule has 1 N–H and O–H groups in total. The van der Waals surface area contributed by atoms with E-state index in [1.54, 1.807) is 12.1 Å². The molecule has 0 aliphatic heterocycles. The molecule has 0 unspecified atom stereocenters. The van der Waals surface area contributed by atoms with Crippen LogP contribution in [0.25, 0.3) is 0 Å². The molecule has 0 saturated carbocycles. The summed E-state index contributed by atoms with van der Waals surface area (Å²) < 4.78 is 45.1. The molecule has 0 aliphatic carbocycles. The number of rotatable bonds is 8. The second kappa shape index (κ2) is 9.24. The molecule has 0 atom stereocenters. The predicted octanol–water partition coefficient (Wildman–Crippen LogP) is 3.98. The van der Waals surface area contributed by atoms with Crippen molar-refractivity contribution in [3.63, 3.8) is 0 Å². The van der Waals surface area contributed by atoms with E-state index in [2.05, 4.69) is 10.1 Å². The normalized spacial score (nSPS) is 11.2. The van der Waals surface area contributed by atoms with Crippen molar-refractivity contribution in [2.24, 2.45) is 0 Å². The summed E-state index contributed by atoms with van der Waals surface area (Å²) in [5.41, 5.74) is 2.99. The third-order valence-electron chi connectivity index (χ3n) is 3.50. The minimum Gasteiger partial charge on any atom is -0.466 e. The van der Waals surface area contributed by atoms with Gasteiger partial charge in [0.1, 0.15) is 5.75 Å². The van der Waals surface area contributed by atoms with Crippen LogP contribution in [0.5, 0.6) is 5.75 Å². The van der Waals surface area contributed by atoms with E-state index >= 15 is 0 Å². The molecule has 26 heavy (non-hydrogen) atoms. The molecule has 0 fully saturated rings. The molecule has 2 aromatic rings. The Labute approximate surface area is 149 Å². The number of alkyl halides is 3. The van der Waals surface area contributed by atoms with Crippen LogP contribution in [0.2, 0.25) is 0 Å². The van der Waals surface area contributed by atoms with Gasteiger partial charge in [-0.25, -0.2) is 0 Å². The van der Waals surface area contributed by atoms with Crippen molar-refractivity contribution in [2.75, 3.05) is 6.61 Å². The van der Waals surface area contributed by atoms with E-state index in [1.165, 1.54) is 19.1 Å². The number of ether oxygens (including phenoxy) is 2. The van der Waals surface area contributed by atoms with Crippen molar-refractivity contribution < 1.29 is 27.4 Å². The van der Waals surface area contributed by atoms with Crippen LogP contribution in [-0.2, 0) is 29.0 Å². The molecule has 0 aliphatic rings. The first-order valence-corrected chi connectivity index (χ1v) is 8.08. The van der Waals surface area contributed by atoms with Crippen LogP contribution in [-0.4, -0.2) is 18.9 Å². The Morgan fingerprint density at radius 1 is 1.00 bits per heavy atom. The third-order valence-corrected chi connectivity index (χ3v) is 3.50. The molecule has 0 spiro atoms. The number of esters is 1. The Morgan fingerprint density at radius 3 is 2.31 bits per heavy atom. The van der Waals surface area contributed by atoms with Crippen LogP contribution in [0.15, 0.2) is 48.5 Å². The number of hydrogen-bond donors (Lipinski definition) is 1. The largest absolute Gasteiger partial charge is 0.573 e. The standard InChI is InChI=1S/C19H20F3NO3/c1-14(24)25-10-9-15-3-2-4-17(11-15)13-23-12-16-5-7-18(8-6-16)26-19(20,21)22/h2-8,11,23H,9-10,12-13H2,1H3. The summed E-state index contributed by atoms with van der Waals surface area (Å²) in [5, 5.41) is 3.24. The fourth-order valence-electron chi connectivity index (χ4n) is 2.37. The molecule has 2 aromatic carbocycles. The molecule has 0 saturated heterocycles. The Bertz CT molecular complexity index is 715. The van der Waals surface area contributed by atoms with Gasteiger partial charge in [0.15, 0.2) is 0 Å². The van der Waals surface area contributed by atoms with Crippen molar-refractivity contribution in [1.82, 2.24) is 5.32 Å². The van der Waals surface area contributed by atoms with E-state index in [-0.39, 0.29) is 11.7 Å². The Hall–Kier alpha value is -2.54. The monoisotopic (exact) mass is 367 g/mol. The molecular formula is C19H20F3NO3. The summed E-state index contributed by atoms with van der Waals surface area (Å²) in [6.07, 6.45) is -4.03. The minimum atomic E-state index is -4.68. The minimum absolute atomic E-state index is 0.235. The summed E-state index contributed by atoms with van der Waals surface area (Å²) >= 11 is 0. The van der Waals surface area contributed by atoms with Gasteiger partial charge in [-0.3, -0.25) is 4.79 Å². The van der Waals surface area contributed by atoms with Crippen molar-refractivity contribution >= 4 is 5.97 Å². The van der Waals surface area contributed by atoms with E-state index in [4.69, 9.17) is 4.74 Å². The Balaban J connectivity index is 1.79. The Morgan fingerprint density at radius 2 is 1.65 bits per heavy atom. The van der Waals surface area contributed by atoms with Gasteiger partial charge in [-0.1, -0.05) is 36.4 Å². The van der Waals surface area contributed by atoms with E-state index < -0.39 is 6.36 Å². The smallest absolute Gasteiger partial charge is 0.466 e. The third kappa shape index (κ3) is 7.57. The number of nitrogens with one attached hydrogen (secondary N) is 1. The summed E-state index contributed by atoms with van der Waals surface area (Å²) in [7, 11) is 0. The lowest BCUT2D eigenvalue weighted by Gasteiger charge is -2.10. The summed E-state index contributed by atoms with van der Waals surface area (Å²) in [4.78, 5) is 10.8. The molecular weight excluding hydrogens is 347 g/mol. The van der Waals surface area contributed by atoms with Crippen molar-refractivity contribution in [3.8, 4) is 5.75 Å². The summed E-state index contributed by atoms with van der Waals surface area (Å²) in [6, 6.07) is 13.7. The van der Waals surface area contributed by atoms with E-state index in [9.17, 15) is 18.0 Å².